The Kier molecular flexibility index (Phi) is 21.4. The van der Waals surface area contributed by atoms with Gasteiger partial charge in [-0.2, -0.15) is 0 Å². The van der Waals surface area contributed by atoms with Crippen molar-refractivity contribution in [3.8, 4) is 0 Å². The second kappa shape index (κ2) is 29.4. The molecule has 2 aromatic heterocycles. The molecule has 0 saturated carbocycles. The Bertz CT molecular complexity index is 2940. The molecule has 4 saturated heterocycles. The molecule has 83 heavy (non-hydrogen) atoms. The SMILES string of the molecule is CN[C@@H](C)C(=O)NC1CCCCC2CCC(C(=O)CCN[C@@H](c3ccccc3)c3cn(CCCCc4ccc(CCCCn5cc([C@@H](NC(=O)C6CCC7CCCC(NC(=O)[C@@H](C)NC)C(=O)N76)c6ccccc6)nn5)cc4)nn3)N2C1=O. The standard InChI is InChI=1S/C63H86N14O6/c1-42(64-3)59(79)67-50-26-12-11-24-48-32-34-54(76(48)62(50)82)56(78)36-37-66-57(46-20-7-5-8-21-46)52-40-74(72-70-52)38-15-13-18-44-28-30-45(31-29-44)19-14-16-39-75-41-53(71-73-75)58(47-22-9-6-10-23-47)69-61(81)55-35-33-49-25-17-27-51(63(83)77(49)55)68-60(80)43(2)65-4/h5-10,20-23,28-31,40-43,48-51,54-55,57-58,64-66H,11-19,24-27,32-39H2,1-4H3,(H,67,79)(H,68,80)(H,69,81)/t42-,43+,48?,49?,50?,51?,54?,55?,57-,58-/m0/s1. The maximum atomic E-state index is 14.2. The van der Waals surface area contributed by atoms with Gasteiger partial charge in [0.15, 0.2) is 5.78 Å². The van der Waals surface area contributed by atoms with E-state index in [-0.39, 0.29) is 59.9 Å². The van der Waals surface area contributed by atoms with Crippen LogP contribution in [0.2, 0.25) is 0 Å². The third-order valence-electron chi connectivity index (χ3n) is 17.6. The highest BCUT2D eigenvalue weighted by Crippen LogP contribution is 2.35. The number of hydrogen-bond donors (Lipinski definition) is 6. The molecule has 20 heteroatoms. The van der Waals surface area contributed by atoms with Crippen LogP contribution in [-0.2, 0) is 54.7 Å². The van der Waals surface area contributed by atoms with E-state index in [1.165, 1.54) is 11.1 Å². The molecule has 4 aliphatic rings. The molecule has 6 unspecified atom stereocenters. The number of carbonyl (C=O) groups excluding carboxylic acids is 6. The Morgan fingerprint density at radius 1 is 0.554 bits per heavy atom. The number of Topliss-reactive ketones (excluding diaryl/α,β-unsaturated/α-hetero) is 1. The molecule has 9 rings (SSSR count). The van der Waals surface area contributed by atoms with E-state index >= 15 is 0 Å². The van der Waals surface area contributed by atoms with Gasteiger partial charge in [0.2, 0.25) is 29.5 Å². The van der Waals surface area contributed by atoms with E-state index in [9.17, 15) is 28.8 Å². The average molecular weight is 1140 g/mol. The first-order valence-corrected chi connectivity index (χ1v) is 30.5. The lowest BCUT2D eigenvalue weighted by Gasteiger charge is -2.35. The number of benzene rings is 3. The summed E-state index contributed by atoms with van der Waals surface area (Å²) in [5.74, 6) is -0.974. The first-order valence-electron chi connectivity index (χ1n) is 30.5. The molecule has 4 fully saturated rings. The number of rotatable bonds is 27. The van der Waals surface area contributed by atoms with Crippen molar-refractivity contribution in [1.82, 2.24) is 71.7 Å². The molecule has 5 aromatic rings. The number of nitrogens with zero attached hydrogens (tertiary/aromatic N) is 8. The second-order valence-electron chi connectivity index (χ2n) is 23.3. The smallest absolute Gasteiger partial charge is 0.246 e. The second-order valence-corrected chi connectivity index (χ2v) is 23.3. The van der Waals surface area contributed by atoms with Gasteiger partial charge in [0.1, 0.15) is 29.5 Å². The van der Waals surface area contributed by atoms with E-state index in [2.05, 4.69) is 88.9 Å². The van der Waals surface area contributed by atoms with E-state index < -0.39 is 42.3 Å². The average Bonchev–Trinajstić information content (AvgIpc) is 4.49. The fourth-order valence-electron chi connectivity index (χ4n) is 12.5. The lowest BCUT2D eigenvalue weighted by atomic mass is 9.98. The highest BCUT2D eigenvalue weighted by Gasteiger charge is 2.46. The van der Waals surface area contributed by atoms with Crippen molar-refractivity contribution in [2.24, 2.45) is 0 Å². The highest BCUT2D eigenvalue weighted by atomic mass is 16.2. The van der Waals surface area contributed by atoms with E-state index in [0.717, 1.165) is 107 Å². The first-order chi connectivity index (χ1) is 40.4. The molecule has 3 aromatic carbocycles. The molecule has 0 spiro atoms. The summed E-state index contributed by atoms with van der Waals surface area (Å²) in [4.78, 5) is 85.2. The minimum atomic E-state index is -0.667. The molecular weight excluding hydrogens is 1050 g/mol. The number of aromatic nitrogens is 6. The number of hydrogen-bond acceptors (Lipinski definition) is 13. The van der Waals surface area contributed by atoms with Crippen molar-refractivity contribution < 1.29 is 28.8 Å². The van der Waals surface area contributed by atoms with Gasteiger partial charge in [-0.3, -0.25) is 38.1 Å². The molecule has 5 amide bonds. The van der Waals surface area contributed by atoms with Gasteiger partial charge in [-0.15, -0.1) is 10.2 Å². The maximum absolute atomic E-state index is 14.2. The summed E-state index contributed by atoms with van der Waals surface area (Å²) in [5.41, 5.74) is 5.88. The molecule has 0 aliphatic carbocycles. The predicted octanol–water partition coefficient (Wildman–Crippen LogP) is 5.42. The summed E-state index contributed by atoms with van der Waals surface area (Å²) in [7, 11) is 3.43. The predicted molar refractivity (Wildman–Crippen MR) is 315 cm³/mol. The van der Waals surface area contributed by atoms with Crippen molar-refractivity contribution in [2.45, 2.75) is 203 Å². The van der Waals surface area contributed by atoms with Crippen LogP contribution in [-0.4, -0.2) is 144 Å². The number of ketones is 1. The summed E-state index contributed by atoms with van der Waals surface area (Å²) in [6.45, 7) is 5.34. The monoisotopic (exact) mass is 1130 g/mol. The number of carbonyl (C=O) groups is 6. The molecule has 4 aliphatic heterocycles. The van der Waals surface area contributed by atoms with Crippen LogP contribution in [0.25, 0.3) is 0 Å². The fourth-order valence-corrected chi connectivity index (χ4v) is 12.5. The van der Waals surface area contributed by atoms with Gasteiger partial charge >= 0.3 is 0 Å². The summed E-state index contributed by atoms with van der Waals surface area (Å²) < 4.78 is 3.74. The van der Waals surface area contributed by atoms with Crippen LogP contribution in [0.5, 0.6) is 0 Å². The minimum Gasteiger partial charge on any atom is -0.343 e. The molecule has 10 atom stereocenters. The third kappa shape index (κ3) is 15.5. The number of nitrogens with one attached hydrogen (secondary N) is 6. The van der Waals surface area contributed by atoms with Crippen LogP contribution in [0.1, 0.15) is 162 Å². The van der Waals surface area contributed by atoms with Crippen LogP contribution in [0.4, 0.5) is 0 Å². The molecule has 0 bridgehead atoms. The Labute approximate surface area is 488 Å². The van der Waals surface area contributed by atoms with E-state index in [1.807, 2.05) is 75.2 Å². The van der Waals surface area contributed by atoms with Crippen LogP contribution < -0.4 is 31.9 Å². The number of amides is 5. The molecule has 0 radical (unpaired) electrons. The van der Waals surface area contributed by atoms with Gasteiger partial charge in [-0.1, -0.05) is 108 Å². The summed E-state index contributed by atoms with van der Waals surface area (Å²) in [6, 6.07) is 24.6. The summed E-state index contributed by atoms with van der Waals surface area (Å²) >= 11 is 0. The van der Waals surface area contributed by atoms with Crippen molar-refractivity contribution in [1.29, 1.82) is 0 Å². The Hall–Kier alpha value is -7.16. The van der Waals surface area contributed by atoms with Crippen LogP contribution in [0, 0.1) is 0 Å². The van der Waals surface area contributed by atoms with Crippen molar-refractivity contribution in [2.75, 3.05) is 20.6 Å². The van der Waals surface area contributed by atoms with Crippen molar-refractivity contribution in [3.63, 3.8) is 0 Å². The third-order valence-corrected chi connectivity index (χ3v) is 17.6. The van der Waals surface area contributed by atoms with Gasteiger partial charge in [0.05, 0.1) is 42.6 Å². The van der Waals surface area contributed by atoms with Crippen LogP contribution in [0.3, 0.4) is 0 Å². The van der Waals surface area contributed by atoms with Crippen molar-refractivity contribution >= 4 is 35.3 Å². The van der Waals surface area contributed by atoms with Gasteiger partial charge < -0.3 is 41.7 Å². The lowest BCUT2D eigenvalue weighted by molar-refractivity contribution is -0.143. The van der Waals surface area contributed by atoms with Gasteiger partial charge in [-0.05, 0) is 147 Å². The highest BCUT2D eigenvalue weighted by molar-refractivity contribution is 5.95. The molecule has 444 valence electrons. The van der Waals surface area contributed by atoms with Gasteiger partial charge in [0, 0.05) is 38.1 Å². The fraction of sp³-hybridized carbons (Fsp3) is 0.556. The quantitative estimate of drug-likeness (QED) is 0.0361. The molecule has 20 nitrogen and oxygen atoms in total. The lowest BCUT2D eigenvalue weighted by Crippen LogP contribution is -2.56. The molecular formula is C63H86N14O6. The number of fused-ring (bicyclic) bond motifs is 2. The van der Waals surface area contributed by atoms with E-state index in [4.69, 9.17) is 0 Å². The van der Waals surface area contributed by atoms with Crippen molar-refractivity contribution in [3.05, 3.63) is 131 Å². The number of aryl methyl sites for hydroxylation is 4. The topological polar surface area (TPSA) is 242 Å². The summed E-state index contributed by atoms with van der Waals surface area (Å²) in [5, 5.41) is 36.7. The normalized spacial score (nSPS) is 22.3. The Morgan fingerprint density at radius 2 is 1.02 bits per heavy atom. The Balaban J connectivity index is 0.711. The zero-order valence-electron chi connectivity index (χ0n) is 48.9. The first kappa shape index (κ1) is 60.4. The Morgan fingerprint density at radius 3 is 1.57 bits per heavy atom. The summed E-state index contributed by atoms with van der Waals surface area (Å²) in [6.07, 6.45) is 18.0. The maximum Gasteiger partial charge on any atom is 0.246 e. The number of likely N-dealkylation sites (N-methyl/N-ethyl adjacent to an activating group) is 2. The van der Waals surface area contributed by atoms with E-state index in [0.29, 0.717) is 44.5 Å². The molecule has 6 heterocycles. The minimum absolute atomic E-state index is 0.0163. The van der Waals surface area contributed by atoms with Crippen LogP contribution >= 0.6 is 0 Å². The largest absolute Gasteiger partial charge is 0.343 e. The molecule has 6 N–H and O–H groups in total. The van der Waals surface area contributed by atoms with E-state index in [1.54, 1.807) is 32.8 Å². The van der Waals surface area contributed by atoms with Gasteiger partial charge in [-0.25, -0.2) is 0 Å². The van der Waals surface area contributed by atoms with Crippen LogP contribution in [0.15, 0.2) is 97.3 Å². The number of unbranched alkanes of at least 4 members (excludes halogenated alkanes) is 2. The zero-order chi connectivity index (χ0) is 58.2. The van der Waals surface area contributed by atoms with Gasteiger partial charge in [0.25, 0.3) is 0 Å². The zero-order valence-corrected chi connectivity index (χ0v) is 48.9.